The van der Waals surface area contributed by atoms with Crippen LogP contribution in [0.5, 0.6) is 11.5 Å². The summed E-state index contributed by atoms with van der Waals surface area (Å²) < 4.78 is 12.6. The fourth-order valence-electron chi connectivity index (χ4n) is 4.95. The Hall–Kier alpha value is -1.22. The van der Waals surface area contributed by atoms with E-state index in [0.717, 1.165) is 65.7 Å². The van der Waals surface area contributed by atoms with Crippen LogP contribution in [0.1, 0.15) is 108 Å². The Labute approximate surface area is 198 Å². The van der Waals surface area contributed by atoms with Crippen molar-refractivity contribution in [3.05, 3.63) is 22.3 Å². The molecule has 0 spiro atoms. The van der Waals surface area contributed by atoms with Crippen LogP contribution in [0.15, 0.2) is 0 Å². The molecule has 1 N–H and O–H groups in total. The molecular formula is C29H50O3. The van der Waals surface area contributed by atoms with Crippen LogP contribution in [0.2, 0.25) is 0 Å². The number of ether oxygens (including phenoxy) is 2. The molecule has 0 amide bonds. The van der Waals surface area contributed by atoms with E-state index in [1.54, 1.807) is 0 Å². The molecule has 0 bridgehead atoms. The monoisotopic (exact) mass is 446 g/mol. The molecule has 1 aliphatic heterocycles. The average Bonchev–Trinajstić information content (AvgIpc) is 2.73. The standard InChI is InChI=1S/C29H50O3/c1-20(2)11-9-12-21(3)13-10-14-22(4)16-18-31-19-29(8)17-15-26-25(7)27(30)23(5)24(6)28(26)32-29/h20-22,30H,9-19H2,1-8H3/t21?,22?,29-/m0/s1. The first-order chi connectivity index (χ1) is 15.0. The van der Waals surface area contributed by atoms with E-state index in [2.05, 4.69) is 34.6 Å². The van der Waals surface area contributed by atoms with Gasteiger partial charge >= 0.3 is 0 Å². The minimum absolute atomic E-state index is 0.289. The van der Waals surface area contributed by atoms with Gasteiger partial charge in [0.05, 0.1) is 6.61 Å². The SMILES string of the molecule is Cc1c(C)c2c(c(C)c1O)CC[C@@](C)(COCCC(C)CCCC(C)CCCC(C)C)O2. The first-order valence-corrected chi connectivity index (χ1v) is 13.1. The second kappa shape index (κ2) is 12.3. The van der Waals surface area contributed by atoms with E-state index >= 15 is 0 Å². The molecule has 2 rings (SSSR count). The minimum Gasteiger partial charge on any atom is -0.507 e. The Morgan fingerprint density at radius 1 is 0.875 bits per heavy atom. The van der Waals surface area contributed by atoms with Crippen molar-refractivity contribution in [2.75, 3.05) is 13.2 Å². The number of hydrogen-bond acceptors (Lipinski definition) is 3. The van der Waals surface area contributed by atoms with Crippen molar-refractivity contribution >= 4 is 0 Å². The predicted molar refractivity (Wildman–Crippen MR) is 136 cm³/mol. The van der Waals surface area contributed by atoms with Gasteiger partial charge in [-0.1, -0.05) is 66.2 Å². The summed E-state index contributed by atoms with van der Waals surface area (Å²) in [6.45, 7) is 19.0. The molecule has 3 nitrogen and oxygen atoms in total. The van der Waals surface area contributed by atoms with Crippen LogP contribution in [0, 0.1) is 38.5 Å². The van der Waals surface area contributed by atoms with Gasteiger partial charge in [0, 0.05) is 12.2 Å². The second-order valence-corrected chi connectivity index (χ2v) is 11.4. The van der Waals surface area contributed by atoms with Gasteiger partial charge in [-0.3, -0.25) is 0 Å². The third kappa shape index (κ3) is 7.68. The van der Waals surface area contributed by atoms with E-state index in [1.165, 1.54) is 38.5 Å². The number of phenolic OH excluding ortho intramolecular Hbond substituents is 1. The summed E-state index contributed by atoms with van der Waals surface area (Å²) in [7, 11) is 0. The predicted octanol–water partition coefficient (Wildman–Crippen LogP) is 8.08. The molecule has 1 heterocycles. The highest BCUT2D eigenvalue weighted by Gasteiger charge is 2.34. The molecular weight excluding hydrogens is 396 g/mol. The molecule has 1 aromatic carbocycles. The quantitative estimate of drug-likeness (QED) is 0.311. The Morgan fingerprint density at radius 3 is 2.09 bits per heavy atom. The molecule has 32 heavy (non-hydrogen) atoms. The Bertz CT molecular complexity index is 724. The number of phenols is 1. The normalized spacial score (nSPS) is 20.2. The maximum absolute atomic E-state index is 10.4. The molecule has 1 aromatic rings. The lowest BCUT2D eigenvalue weighted by Gasteiger charge is -2.37. The summed E-state index contributed by atoms with van der Waals surface area (Å²) in [5, 5.41) is 10.4. The van der Waals surface area contributed by atoms with E-state index in [1.807, 2.05) is 20.8 Å². The maximum atomic E-state index is 10.4. The smallest absolute Gasteiger partial charge is 0.130 e. The van der Waals surface area contributed by atoms with Gasteiger partial charge in [0.15, 0.2) is 0 Å². The van der Waals surface area contributed by atoms with Gasteiger partial charge in [0.25, 0.3) is 0 Å². The molecule has 1 aliphatic rings. The van der Waals surface area contributed by atoms with Crippen molar-refractivity contribution in [1.82, 2.24) is 0 Å². The van der Waals surface area contributed by atoms with Crippen molar-refractivity contribution in [1.29, 1.82) is 0 Å². The van der Waals surface area contributed by atoms with E-state index in [-0.39, 0.29) is 5.60 Å². The molecule has 0 aliphatic carbocycles. The molecule has 0 aromatic heterocycles. The third-order valence-electron chi connectivity index (χ3n) is 7.63. The summed E-state index contributed by atoms with van der Waals surface area (Å²) in [6, 6.07) is 0. The molecule has 3 atom stereocenters. The van der Waals surface area contributed by atoms with Gasteiger partial charge in [-0.25, -0.2) is 0 Å². The van der Waals surface area contributed by atoms with Crippen LogP contribution in [0.25, 0.3) is 0 Å². The summed E-state index contributed by atoms with van der Waals surface area (Å²) in [4.78, 5) is 0. The fourth-order valence-corrected chi connectivity index (χ4v) is 4.95. The lowest BCUT2D eigenvalue weighted by atomic mass is 9.87. The summed E-state index contributed by atoms with van der Waals surface area (Å²) in [6.07, 6.45) is 11.1. The highest BCUT2D eigenvalue weighted by molar-refractivity contribution is 5.58. The third-order valence-corrected chi connectivity index (χ3v) is 7.63. The Morgan fingerprint density at radius 2 is 1.47 bits per heavy atom. The molecule has 0 fully saturated rings. The second-order valence-electron chi connectivity index (χ2n) is 11.4. The van der Waals surface area contributed by atoms with Gasteiger partial charge in [0.2, 0.25) is 0 Å². The van der Waals surface area contributed by atoms with Crippen molar-refractivity contribution in [2.45, 2.75) is 119 Å². The Kier molecular flexibility index (Phi) is 10.4. The largest absolute Gasteiger partial charge is 0.507 e. The van der Waals surface area contributed by atoms with E-state index in [0.29, 0.717) is 18.3 Å². The van der Waals surface area contributed by atoms with Crippen LogP contribution in [0.4, 0.5) is 0 Å². The van der Waals surface area contributed by atoms with Gasteiger partial charge in [-0.05, 0) is 81.4 Å². The van der Waals surface area contributed by atoms with Crippen LogP contribution in [-0.2, 0) is 11.2 Å². The molecule has 0 radical (unpaired) electrons. The maximum Gasteiger partial charge on any atom is 0.130 e. The van der Waals surface area contributed by atoms with Crippen LogP contribution in [0.3, 0.4) is 0 Å². The zero-order valence-electron chi connectivity index (χ0n) is 22.3. The van der Waals surface area contributed by atoms with E-state index < -0.39 is 0 Å². The van der Waals surface area contributed by atoms with Gasteiger partial charge in [0.1, 0.15) is 17.1 Å². The number of rotatable bonds is 13. The van der Waals surface area contributed by atoms with Crippen molar-refractivity contribution in [3.63, 3.8) is 0 Å². The number of hydrogen-bond donors (Lipinski definition) is 1. The van der Waals surface area contributed by atoms with Crippen molar-refractivity contribution in [2.24, 2.45) is 17.8 Å². The van der Waals surface area contributed by atoms with Crippen LogP contribution < -0.4 is 4.74 Å². The van der Waals surface area contributed by atoms with Crippen LogP contribution in [-0.4, -0.2) is 23.9 Å². The average molecular weight is 447 g/mol. The minimum atomic E-state index is -0.289. The fraction of sp³-hybridized carbons (Fsp3) is 0.793. The first-order valence-electron chi connectivity index (χ1n) is 13.1. The van der Waals surface area contributed by atoms with Crippen LogP contribution >= 0.6 is 0 Å². The van der Waals surface area contributed by atoms with Crippen molar-refractivity contribution < 1.29 is 14.6 Å². The number of benzene rings is 1. The van der Waals surface area contributed by atoms with Crippen molar-refractivity contribution in [3.8, 4) is 11.5 Å². The Balaban J connectivity index is 1.69. The molecule has 184 valence electrons. The van der Waals surface area contributed by atoms with Gasteiger partial charge < -0.3 is 14.6 Å². The summed E-state index contributed by atoms with van der Waals surface area (Å²) in [5.74, 6) is 3.80. The highest BCUT2D eigenvalue weighted by atomic mass is 16.5. The molecule has 0 saturated carbocycles. The zero-order valence-corrected chi connectivity index (χ0v) is 22.3. The van der Waals surface area contributed by atoms with E-state index in [9.17, 15) is 5.11 Å². The first kappa shape index (κ1) is 27.0. The topological polar surface area (TPSA) is 38.7 Å². The molecule has 2 unspecified atom stereocenters. The zero-order chi connectivity index (χ0) is 23.9. The summed E-state index contributed by atoms with van der Waals surface area (Å²) in [5.41, 5.74) is 3.82. The lowest BCUT2D eigenvalue weighted by molar-refractivity contribution is -0.0309. The molecule has 3 heteroatoms. The van der Waals surface area contributed by atoms with E-state index in [4.69, 9.17) is 9.47 Å². The van der Waals surface area contributed by atoms with Gasteiger partial charge in [-0.2, -0.15) is 0 Å². The van der Waals surface area contributed by atoms with Gasteiger partial charge in [-0.15, -0.1) is 0 Å². The highest BCUT2D eigenvalue weighted by Crippen LogP contribution is 2.43. The molecule has 0 saturated heterocycles. The number of fused-ring (bicyclic) bond motifs is 1. The summed E-state index contributed by atoms with van der Waals surface area (Å²) >= 11 is 0. The number of aromatic hydroxyl groups is 1. The lowest BCUT2D eigenvalue weighted by Crippen LogP contribution is -2.41.